The fourth-order valence-corrected chi connectivity index (χ4v) is 3.58. The molecule has 2 N–H and O–H groups in total. The number of piperidine rings is 1. The minimum absolute atomic E-state index is 0.344. The van der Waals surface area contributed by atoms with Crippen molar-refractivity contribution in [3.63, 3.8) is 0 Å². The Balaban J connectivity index is 1.59. The highest BCUT2D eigenvalue weighted by atomic mass is 16.1. The van der Waals surface area contributed by atoms with Crippen molar-refractivity contribution in [3.8, 4) is 0 Å². The summed E-state index contributed by atoms with van der Waals surface area (Å²) in [4.78, 5) is 22.5. The lowest BCUT2D eigenvalue weighted by Gasteiger charge is -2.32. The molecule has 1 fully saturated rings. The molecule has 4 heterocycles. The van der Waals surface area contributed by atoms with Gasteiger partial charge in [-0.15, -0.1) is 0 Å². The monoisotopic (exact) mass is 336 g/mol. The van der Waals surface area contributed by atoms with E-state index in [0.717, 1.165) is 38.2 Å². The van der Waals surface area contributed by atoms with Gasteiger partial charge in [0.15, 0.2) is 5.65 Å². The molecule has 1 amide bonds. The minimum Gasteiger partial charge on any atom is -0.365 e. The number of rotatable bonds is 4. The first-order chi connectivity index (χ1) is 12.2. The molecule has 3 aromatic heterocycles. The van der Waals surface area contributed by atoms with Crippen LogP contribution in [-0.2, 0) is 6.54 Å². The Morgan fingerprint density at radius 1 is 1.28 bits per heavy atom. The van der Waals surface area contributed by atoms with E-state index in [4.69, 9.17) is 5.73 Å². The number of pyridine rings is 1. The fourth-order valence-electron chi connectivity index (χ4n) is 3.58. The number of hydrogen-bond acceptors (Lipinski definition) is 5. The summed E-state index contributed by atoms with van der Waals surface area (Å²) in [6.45, 7) is 2.91. The van der Waals surface area contributed by atoms with Gasteiger partial charge in [-0.2, -0.15) is 5.10 Å². The van der Waals surface area contributed by atoms with Gasteiger partial charge in [-0.05, 0) is 37.1 Å². The second-order valence-corrected chi connectivity index (χ2v) is 6.46. The van der Waals surface area contributed by atoms with Crippen LogP contribution in [0.5, 0.6) is 0 Å². The Bertz CT molecular complexity index is 891. The van der Waals surface area contributed by atoms with Gasteiger partial charge in [0, 0.05) is 37.6 Å². The number of hydrogen-bond donors (Lipinski definition) is 1. The zero-order chi connectivity index (χ0) is 17.2. The third-order valence-corrected chi connectivity index (χ3v) is 4.75. The van der Waals surface area contributed by atoms with E-state index >= 15 is 0 Å². The van der Waals surface area contributed by atoms with Crippen LogP contribution < -0.4 is 5.73 Å². The van der Waals surface area contributed by atoms with Gasteiger partial charge in [0.25, 0.3) is 5.91 Å². The van der Waals surface area contributed by atoms with Gasteiger partial charge in [-0.3, -0.25) is 14.7 Å². The molecule has 128 valence electrons. The van der Waals surface area contributed by atoms with Crippen molar-refractivity contribution >= 4 is 11.6 Å². The van der Waals surface area contributed by atoms with Crippen molar-refractivity contribution < 1.29 is 4.79 Å². The molecule has 25 heavy (non-hydrogen) atoms. The lowest BCUT2D eigenvalue weighted by molar-refractivity contribution is 0.100. The molecule has 0 saturated carbocycles. The first kappa shape index (κ1) is 15.7. The molecule has 0 radical (unpaired) electrons. The van der Waals surface area contributed by atoms with Crippen molar-refractivity contribution in [2.24, 2.45) is 5.73 Å². The summed E-state index contributed by atoms with van der Waals surface area (Å²) in [7, 11) is 0. The van der Waals surface area contributed by atoms with E-state index in [1.54, 1.807) is 16.9 Å². The average Bonchev–Trinajstić information content (AvgIpc) is 3.07. The quantitative estimate of drug-likeness (QED) is 0.782. The zero-order valence-corrected chi connectivity index (χ0v) is 13.9. The molecule has 1 aliphatic rings. The van der Waals surface area contributed by atoms with E-state index in [1.165, 1.54) is 11.8 Å². The number of amides is 1. The summed E-state index contributed by atoms with van der Waals surface area (Å²) < 4.78 is 1.76. The molecule has 7 heteroatoms. The molecule has 1 saturated heterocycles. The minimum atomic E-state index is -0.499. The molecule has 0 bridgehead atoms. The number of aromatic nitrogens is 4. The van der Waals surface area contributed by atoms with E-state index in [9.17, 15) is 4.79 Å². The molecule has 3 aromatic rings. The van der Waals surface area contributed by atoms with Crippen molar-refractivity contribution in [1.29, 1.82) is 0 Å². The lowest BCUT2D eigenvalue weighted by atomic mass is 9.94. The van der Waals surface area contributed by atoms with Crippen LogP contribution in [0.3, 0.4) is 0 Å². The van der Waals surface area contributed by atoms with Crippen LogP contribution in [0.25, 0.3) is 5.65 Å². The standard InChI is InChI=1S/C18H20N6O/c19-17(25)15-10-22-24-16(5-7-21-18(15)24)14-4-2-8-23(12-14)11-13-3-1-6-20-9-13/h1,3,5-7,9-10,14H,2,4,8,11-12H2,(H2,19,25)/t14-/m1/s1. The Labute approximate surface area is 145 Å². The summed E-state index contributed by atoms with van der Waals surface area (Å²) in [5, 5.41) is 4.35. The predicted molar refractivity (Wildman–Crippen MR) is 93.0 cm³/mol. The molecule has 1 atom stereocenters. The lowest BCUT2D eigenvalue weighted by Crippen LogP contribution is -2.34. The second-order valence-electron chi connectivity index (χ2n) is 6.46. The van der Waals surface area contributed by atoms with Gasteiger partial charge >= 0.3 is 0 Å². The third-order valence-electron chi connectivity index (χ3n) is 4.75. The summed E-state index contributed by atoms with van der Waals surface area (Å²) in [6, 6.07) is 6.06. The largest absolute Gasteiger partial charge is 0.365 e. The number of likely N-dealkylation sites (tertiary alicyclic amines) is 1. The van der Waals surface area contributed by atoms with Gasteiger partial charge in [0.1, 0.15) is 5.56 Å². The van der Waals surface area contributed by atoms with Crippen LogP contribution in [-0.4, -0.2) is 43.5 Å². The molecule has 0 unspecified atom stereocenters. The summed E-state index contributed by atoms with van der Waals surface area (Å²) in [6.07, 6.45) is 9.17. The highest BCUT2D eigenvalue weighted by molar-refractivity contribution is 5.98. The molecular weight excluding hydrogens is 316 g/mol. The highest BCUT2D eigenvalue weighted by Gasteiger charge is 2.24. The van der Waals surface area contributed by atoms with Crippen molar-refractivity contribution in [2.45, 2.75) is 25.3 Å². The molecule has 0 aliphatic carbocycles. The van der Waals surface area contributed by atoms with Crippen LogP contribution in [0.15, 0.2) is 43.0 Å². The van der Waals surface area contributed by atoms with Crippen LogP contribution in [0.1, 0.15) is 40.4 Å². The number of primary amides is 1. The number of carbonyl (C=O) groups is 1. The molecular formula is C18H20N6O. The van der Waals surface area contributed by atoms with E-state index in [-0.39, 0.29) is 0 Å². The smallest absolute Gasteiger partial charge is 0.254 e. The Kier molecular flexibility index (Phi) is 4.15. The maximum absolute atomic E-state index is 11.5. The number of fused-ring (bicyclic) bond motifs is 1. The second kappa shape index (κ2) is 6.60. The molecule has 1 aliphatic heterocycles. The Hall–Kier alpha value is -2.80. The Morgan fingerprint density at radius 3 is 3.00 bits per heavy atom. The van der Waals surface area contributed by atoms with Crippen LogP contribution in [0.2, 0.25) is 0 Å². The van der Waals surface area contributed by atoms with Gasteiger partial charge < -0.3 is 5.73 Å². The summed E-state index contributed by atoms with van der Waals surface area (Å²) in [5.41, 5.74) is 8.61. The number of carbonyl (C=O) groups excluding carboxylic acids is 1. The molecule has 0 aromatic carbocycles. The van der Waals surface area contributed by atoms with E-state index in [1.807, 2.05) is 18.3 Å². The predicted octanol–water partition coefficient (Wildman–Crippen LogP) is 1.60. The SMILES string of the molecule is NC(=O)c1cnn2c([C@@H]3CCCN(Cc4cccnc4)C3)ccnc12. The van der Waals surface area contributed by atoms with E-state index in [0.29, 0.717) is 17.1 Å². The summed E-state index contributed by atoms with van der Waals surface area (Å²) >= 11 is 0. The van der Waals surface area contributed by atoms with Gasteiger partial charge in [0.2, 0.25) is 0 Å². The number of nitrogens with two attached hydrogens (primary N) is 1. The van der Waals surface area contributed by atoms with E-state index < -0.39 is 5.91 Å². The average molecular weight is 336 g/mol. The molecule has 7 nitrogen and oxygen atoms in total. The maximum atomic E-state index is 11.5. The first-order valence-electron chi connectivity index (χ1n) is 8.46. The van der Waals surface area contributed by atoms with E-state index in [2.05, 4.69) is 26.0 Å². The van der Waals surface area contributed by atoms with Crippen LogP contribution >= 0.6 is 0 Å². The van der Waals surface area contributed by atoms with Gasteiger partial charge in [0.05, 0.1) is 11.9 Å². The maximum Gasteiger partial charge on any atom is 0.254 e. The highest BCUT2D eigenvalue weighted by Crippen LogP contribution is 2.28. The topological polar surface area (TPSA) is 89.4 Å². The van der Waals surface area contributed by atoms with Crippen molar-refractivity contribution in [3.05, 3.63) is 59.8 Å². The van der Waals surface area contributed by atoms with Crippen LogP contribution in [0.4, 0.5) is 0 Å². The zero-order valence-electron chi connectivity index (χ0n) is 13.9. The molecule has 4 rings (SSSR count). The van der Waals surface area contributed by atoms with Crippen LogP contribution in [0, 0.1) is 0 Å². The summed E-state index contributed by atoms with van der Waals surface area (Å²) in [5.74, 6) is -0.155. The Morgan fingerprint density at radius 2 is 2.20 bits per heavy atom. The molecule has 0 spiro atoms. The van der Waals surface area contributed by atoms with Gasteiger partial charge in [-0.25, -0.2) is 9.50 Å². The van der Waals surface area contributed by atoms with Crippen molar-refractivity contribution in [1.82, 2.24) is 24.5 Å². The normalized spacial score (nSPS) is 18.5. The fraction of sp³-hybridized carbons (Fsp3) is 0.333. The first-order valence-corrected chi connectivity index (χ1v) is 8.46. The third kappa shape index (κ3) is 3.10. The number of nitrogens with zero attached hydrogens (tertiary/aromatic N) is 5. The van der Waals surface area contributed by atoms with Gasteiger partial charge in [-0.1, -0.05) is 6.07 Å². The van der Waals surface area contributed by atoms with Crippen molar-refractivity contribution in [2.75, 3.05) is 13.1 Å².